The Labute approximate surface area is 170 Å². The zero-order valence-electron chi connectivity index (χ0n) is 16.7. The first-order valence-corrected chi connectivity index (χ1v) is 11.0. The molecule has 0 unspecified atom stereocenters. The second kappa shape index (κ2) is 9.46. The number of benzene rings is 1. The van der Waals surface area contributed by atoms with E-state index in [4.69, 9.17) is 4.74 Å². The molecule has 1 amide bonds. The molecule has 0 saturated heterocycles. The summed E-state index contributed by atoms with van der Waals surface area (Å²) in [6, 6.07) is 4.54. The molecule has 1 aromatic carbocycles. The number of carbonyl (C=O) groups excluding carboxylic acids is 1. The van der Waals surface area contributed by atoms with Gasteiger partial charge in [0.2, 0.25) is 15.9 Å². The summed E-state index contributed by atoms with van der Waals surface area (Å²) in [4.78, 5) is 18.7. The van der Waals surface area contributed by atoms with Gasteiger partial charge in [-0.05, 0) is 31.7 Å². The first kappa shape index (κ1) is 22.3. The van der Waals surface area contributed by atoms with Crippen LogP contribution in [0.2, 0.25) is 0 Å². The molecule has 0 atom stereocenters. The van der Waals surface area contributed by atoms with Gasteiger partial charge in [0.1, 0.15) is 10.6 Å². The lowest BCUT2D eigenvalue weighted by Gasteiger charge is -2.17. The predicted molar refractivity (Wildman–Crippen MR) is 110 cm³/mol. The van der Waals surface area contributed by atoms with Gasteiger partial charge in [0.15, 0.2) is 0 Å². The molecule has 0 aliphatic carbocycles. The van der Waals surface area contributed by atoms with Crippen LogP contribution in [0.15, 0.2) is 28.5 Å². The average Bonchev–Trinajstić information content (AvgIpc) is 3.08. The number of rotatable bonds is 9. The van der Waals surface area contributed by atoms with Crippen LogP contribution in [0.4, 0.5) is 5.69 Å². The van der Waals surface area contributed by atoms with E-state index in [0.29, 0.717) is 12.2 Å². The number of aromatic nitrogens is 1. The summed E-state index contributed by atoms with van der Waals surface area (Å²) in [6.45, 7) is 2.77. The van der Waals surface area contributed by atoms with Gasteiger partial charge in [-0.25, -0.2) is 17.7 Å². The number of methoxy groups -OCH3 is 1. The molecule has 2 rings (SSSR count). The van der Waals surface area contributed by atoms with E-state index in [1.54, 1.807) is 17.4 Å². The summed E-state index contributed by atoms with van der Waals surface area (Å²) >= 11 is 1.61. The molecule has 0 radical (unpaired) electrons. The summed E-state index contributed by atoms with van der Waals surface area (Å²) in [5, 5.41) is 5.81. The maximum atomic E-state index is 12.5. The predicted octanol–water partition coefficient (Wildman–Crippen LogP) is 2.03. The van der Waals surface area contributed by atoms with Crippen molar-refractivity contribution in [1.82, 2.24) is 14.2 Å². The quantitative estimate of drug-likeness (QED) is 0.660. The van der Waals surface area contributed by atoms with Gasteiger partial charge in [0.25, 0.3) is 0 Å². The summed E-state index contributed by atoms with van der Waals surface area (Å²) < 4.78 is 31.2. The number of ether oxygens (including phenoxy) is 1. The fourth-order valence-electron chi connectivity index (χ4n) is 2.51. The van der Waals surface area contributed by atoms with E-state index < -0.39 is 10.0 Å². The van der Waals surface area contributed by atoms with Crippen LogP contribution in [0, 0.1) is 0 Å². The first-order valence-electron chi connectivity index (χ1n) is 8.69. The van der Waals surface area contributed by atoms with Crippen LogP contribution in [-0.2, 0) is 27.8 Å². The van der Waals surface area contributed by atoms with E-state index in [2.05, 4.69) is 17.2 Å². The van der Waals surface area contributed by atoms with Gasteiger partial charge in [-0.2, -0.15) is 0 Å². The van der Waals surface area contributed by atoms with Crippen molar-refractivity contribution in [3.63, 3.8) is 0 Å². The number of carbonyl (C=O) groups is 1. The average molecular weight is 427 g/mol. The van der Waals surface area contributed by atoms with Gasteiger partial charge < -0.3 is 10.1 Å². The van der Waals surface area contributed by atoms with Crippen LogP contribution in [0.25, 0.3) is 0 Å². The maximum absolute atomic E-state index is 12.5. The van der Waals surface area contributed by atoms with Gasteiger partial charge in [0.05, 0.1) is 24.4 Å². The molecule has 1 aromatic heterocycles. The number of likely N-dealkylation sites (N-methyl/N-ethyl adjacent to an activating group) is 1. The number of anilines is 1. The molecule has 0 aliphatic heterocycles. The largest absolute Gasteiger partial charge is 0.495 e. The molecule has 1 heterocycles. The van der Waals surface area contributed by atoms with E-state index in [1.807, 2.05) is 17.3 Å². The Morgan fingerprint density at radius 2 is 2.00 bits per heavy atom. The van der Waals surface area contributed by atoms with Crippen molar-refractivity contribution in [3.8, 4) is 5.75 Å². The van der Waals surface area contributed by atoms with Crippen molar-refractivity contribution in [2.45, 2.75) is 24.8 Å². The van der Waals surface area contributed by atoms with E-state index >= 15 is 0 Å². The van der Waals surface area contributed by atoms with Crippen LogP contribution in [0.3, 0.4) is 0 Å². The van der Waals surface area contributed by atoms with E-state index in [-0.39, 0.29) is 23.1 Å². The van der Waals surface area contributed by atoms with Crippen molar-refractivity contribution < 1.29 is 17.9 Å². The summed E-state index contributed by atoms with van der Waals surface area (Å²) in [6.07, 6.45) is 0.893. The molecule has 0 saturated carbocycles. The molecule has 8 nitrogen and oxygen atoms in total. The zero-order chi connectivity index (χ0) is 20.9. The van der Waals surface area contributed by atoms with Crippen molar-refractivity contribution in [2.24, 2.45) is 0 Å². The number of thiazole rings is 1. The Kier molecular flexibility index (Phi) is 7.53. The van der Waals surface area contributed by atoms with Crippen molar-refractivity contribution in [1.29, 1.82) is 0 Å². The molecule has 0 aliphatic rings. The lowest BCUT2D eigenvalue weighted by atomic mass is 10.3. The molecule has 2 aromatic rings. The molecule has 154 valence electrons. The van der Waals surface area contributed by atoms with E-state index in [1.165, 1.54) is 33.3 Å². The number of amides is 1. The third-order valence-electron chi connectivity index (χ3n) is 3.95. The van der Waals surface area contributed by atoms with Crippen molar-refractivity contribution in [2.75, 3.05) is 40.1 Å². The fraction of sp³-hybridized carbons (Fsp3) is 0.444. The van der Waals surface area contributed by atoms with Crippen LogP contribution in [0.1, 0.15) is 17.6 Å². The Hall–Kier alpha value is -2.01. The van der Waals surface area contributed by atoms with Crippen LogP contribution in [-0.4, -0.2) is 63.3 Å². The molecular weight excluding hydrogens is 400 g/mol. The Balaban J connectivity index is 2.07. The van der Waals surface area contributed by atoms with Crippen LogP contribution < -0.4 is 10.1 Å². The van der Waals surface area contributed by atoms with Crippen molar-refractivity contribution in [3.05, 3.63) is 34.3 Å². The minimum atomic E-state index is -3.70. The van der Waals surface area contributed by atoms with Crippen molar-refractivity contribution >= 4 is 33.0 Å². The fourth-order valence-corrected chi connectivity index (χ4v) is 4.33. The third kappa shape index (κ3) is 5.51. The molecular formula is C18H26N4O4S2. The standard InChI is InChI=1S/C18H26N4O4S2/c1-6-18-20-14(12-27-18)10-22(4)11-17(23)19-13-7-8-15(26-5)16(9-13)28(24,25)21(2)3/h7-9,12H,6,10-11H2,1-5H3,(H,19,23). The number of hydrogen-bond donors (Lipinski definition) is 1. The first-order chi connectivity index (χ1) is 13.2. The van der Waals surface area contributed by atoms with Gasteiger partial charge in [-0.15, -0.1) is 11.3 Å². The van der Waals surface area contributed by atoms with Gasteiger partial charge >= 0.3 is 0 Å². The SMILES string of the molecule is CCc1nc(CN(C)CC(=O)Nc2ccc(OC)c(S(=O)(=O)N(C)C)c2)cs1. The Bertz CT molecular complexity index is 925. The molecule has 0 bridgehead atoms. The molecule has 0 fully saturated rings. The lowest BCUT2D eigenvalue weighted by Crippen LogP contribution is -2.30. The van der Waals surface area contributed by atoms with Crippen LogP contribution in [0.5, 0.6) is 5.75 Å². The Morgan fingerprint density at radius 1 is 1.29 bits per heavy atom. The lowest BCUT2D eigenvalue weighted by molar-refractivity contribution is -0.117. The molecule has 28 heavy (non-hydrogen) atoms. The minimum absolute atomic E-state index is 0.000669. The summed E-state index contributed by atoms with van der Waals surface area (Å²) in [5.41, 5.74) is 1.32. The second-order valence-electron chi connectivity index (χ2n) is 6.46. The third-order valence-corrected chi connectivity index (χ3v) is 6.83. The Morgan fingerprint density at radius 3 is 2.57 bits per heavy atom. The second-order valence-corrected chi connectivity index (χ2v) is 9.52. The smallest absolute Gasteiger partial charge is 0.246 e. The van der Waals surface area contributed by atoms with E-state index in [9.17, 15) is 13.2 Å². The highest BCUT2D eigenvalue weighted by Crippen LogP contribution is 2.28. The number of sulfonamides is 1. The summed E-state index contributed by atoms with van der Waals surface area (Å²) in [7, 11) is 2.42. The number of nitrogens with zero attached hydrogens (tertiary/aromatic N) is 3. The minimum Gasteiger partial charge on any atom is -0.495 e. The number of aryl methyl sites for hydroxylation is 1. The summed E-state index contributed by atoms with van der Waals surface area (Å²) in [5.74, 6) is -0.0223. The zero-order valence-corrected chi connectivity index (χ0v) is 18.4. The highest BCUT2D eigenvalue weighted by atomic mass is 32.2. The topological polar surface area (TPSA) is 91.8 Å². The molecule has 0 spiro atoms. The normalized spacial score (nSPS) is 11.8. The van der Waals surface area contributed by atoms with Gasteiger partial charge in [-0.1, -0.05) is 6.92 Å². The maximum Gasteiger partial charge on any atom is 0.246 e. The van der Waals surface area contributed by atoms with Crippen LogP contribution >= 0.6 is 11.3 Å². The number of hydrogen-bond acceptors (Lipinski definition) is 7. The van der Waals surface area contributed by atoms with Gasteiger partial charge in [0, 0.05) is 31.7 Å². The molecule has 1 N–H and O–H groups in total. The monoisotopic (exact) mass is 426 g/mol. The van der Waals surface area contributed by atoms with Gasteiger partial charge in [-0.3, -0.25) is 9.69 Å². The highest BCUT2D eigenvalue weighted by Gasteiger charge is 2.23. The van der Waals surface area contributed by atoms with E-state index in [0.717, 1.165) is 21.4 Å². The highest BCUT2D eigenvalue weighted by molar-refractivity contribution is 7.89. The number of nitrogens with one attached hydrogen (secondary N) is 1. The molecule has 10 heteroatoms.